The van der Waals surface area contributed by atoms with Crippen LogP contribution in [-0.4, -0.2) is 17.8 Å². The van der Waals surface area contributed by atoms with Crippen molar-refractivity contribution in [3.8, 4) is 5.75 Å². The van der Waals surface area contributed by atoms with Gasteiger partial charge in [-0.25, -0.2) is 0 Å². The molecule has 0 aliphatic carbocycles. The van der Waals surface area contributed by atoms with Crippen LogP contribution in [0.25, 0.3) is 0 Å². The minimum atomic E-state index is -0.561. The van der Waals surface area contributed by atoms with Crippen LogP contribution in [0.3, 0.4) is 0 Å². The number of aliphatic hydroxyl groups is 1. The van der Waals surface area contributed by atoms with E-state index in [4.69, 9.17) is 27.9 Å². The summed E-state index contributed by atoms with van der Waals surface area (Å²) in [5.41, 5.74) is 0. The van der Waals surface area contributed by atoms with Gasteiger partial charge in [0.25, 0.3) is 0 Å². The SMILES string of the molecule is C=CCC(O)COc1ccc(Cl)cc1Cl. The molecule has 1 aromatic rings. The lowest BCUT2D eigenvalue weighted by Crippen LogP contribution is -2.16. The molecule has 0 aliphatic rings. The highest BCUT2D eigenvalue weighted by Crippen LogP contribution is 2.27. The van der Waals surface area contributed by atoms with Gasteiger partial charge in [-0.3, -0.25) is 0 Å². The van der Waals surface area contributed by atoms with E-state index in [9.17, 15) is 5.11 Å². The van der Waals surface area contributed by atoms with Crippen molar-refractivity contribution < 1.29 is 9.84 Å². The number of benzene rings is 1. The van der Waals surface area contributed by atoms with E-state index in [0.717, 1.165) is 0 Å². The van der Waals surface area contributed by atoms with Gasteiger partial charge in [-0.05, 0) is 24.6 Å². The van der Waals surface area contributed by atoms with Crippen LogP contribution in [-0.2, 0) is 0 Å². The third-order valence-electron chi connectivity index (χ3n) is 1.76. The topological polar surface area (TPSA) is 29.5 Å². The van der Waals surface area contributed by atoms with Crippen molar-refractivity contribution in [3.63, 3.8) is 0 Å². The number of hydrogen-bond acceptors (Lipinski definition) is 2. The van der Waals surface area contributed by atoms with Crippen LogP contribution >= 0.6 is 23.2 Å². The zero-order valence-electron chi connectivity index (χ0n) is 8.12. The Morgan fingerprint density at radius 2 is 2.20 bits per heavy atom. The molecule has 0 saturated heterocycles. The Kier molecular flexibility index (Phi) is 4.95. The molecule has 0 radical (unpaired) electrons. The summed E-state index contributed by atoms with van der Waals surface area (Å²) in [7, 11) is 0. The molecule has 0 aliphatic heterocycles. The second-order valence-electron chi connectivity index (χ2n) is 3.06. The van der Waals surface area contributed by atoms with Gasteiger partial charge in [-0.2, -0.15) is 0 Å². The highest BCUT2D eigenvalue weighted by atomic mass is 35.5. The van der Waals surface area contributed by atoms with Gasteiger partial charge in [0.05, 0.1) is 11.1 Å². The van der Waals surface area contributed by atoms with Gasteiger partial charge in [0.1, 0.15) is 12.4 Å². The molecule has 0 amide bonds. The smallest absolute Gasteiger partial charge is 0.138 e. The van der Waals surface area contributed by atoms with Crippen molar-refractivity contribution >= 4 is 23.2 Å². The summed E-state index contributed by atoms with van der Waals surface area (Å²) in [6, 6.07) is 4.95. The lowest BCUT2D eigenvalue weighted by molar-refractivity contribution is 0.110. The number of halogens is 2. The largest absolute Gasteiger partial charge is 0.489 e. The molecule has 1 rings (SSSR count). The van der Waals surface area contributed by atoms with Gasteiger partial charge in [0.15, 0.2) is 0 Å². The van der Waals surface area contributed by atoms with Gasteiger partial charge in [-0.15, -0.1) is 6.58 Å². The van der Waals surface area contributed by atoms with E-state index in [0.29, 0.717) is 22.2 Å². The molecule has 82 valence electrons. The van der Waals surface area contributed by atoms with Crippen molar-refractivity contribution in [1.29, 1.82) is 0 Å². The first kappa shape index (κ1) is 12.4. The maximum Gasteiger partial charge on any atom is 0.138 e. The van der Waals surface area contributed by atoms with Gasteiger partial charge in [-0.1, -0.05) is 29.3 Å². The summed E-state index contributed by atoms with van der Waals surface area (Å²) >= 11 is 11.6. The third kappa shape index (κ3) is 4.12. The Balaban J connectivity index is 2.54. The minimum Gasteiger partial charge on any atom is -0.489 e. The fraction of sp³-hybridized carbons (Fsp3) is 0.273. The van der Waals surface area contributed by atoms with E-state index in [1.54, 1.807) is 24.3 Å². The van der Waals surface area contributed by atoms with Crippen LogP contribution in [0.5, 0.6) is 5.75 Å². The van der Waals surface area contributed by atoms with Gasteiger partial charge in [0, 0.05) is 5.02 Å². The molecule has 1 unspecified atom stereocenters. The zero-order valence-corrected chi connectivity index (χ0v) is 9.63. The van der Waals surface area contributed by atoms with Crippen molar-refractivity contribution in [2.75, 3.05) is 6.61 Å². The second kappa shape index (κ2) is 6.01. The number of rotatable bonds is 5. The van der Waals surface area contributed by atoms with Gasteiger partial charge in [0.2, 0.25) is 0 Å². The molecular formula is C11H12Cl2O2. The normalized spacial score (nSPS) is 12.2. The van der Waals surface area contributed by atoms with E-state index >= 15 is 0 Å². The number of hydrogen-bond donors (Lipinski definition) is 1. The van der Waals surface area contributed by atoms with Gasteiger partial charge >= 0.3 is 0 Å². The van der Waals surface area contributed by atoms with E-state index < -0.39 is 6.10 Å². The molecule has 0 fully saturated rings. The summed E-state index contributed by atoms with van der Waals surface area (Å²) in [5.74, 6) is 0.518. The molecule has 1 atom stereocenters. The quantitative estimate of drug-likeness (QED) is 0.809. The summed E-state index contributed by atoms with van der Waals surface area (Å²) < 4.78 is 5.32. The van der Waals surface area contributed by atoms with E-state index in [-0.39, 0.29) is 6.61 Å². The van der Waals surface area contributed by atoms with Crippen LogP contribution < -0.4 is 4.74 Å². The van der Waals surface area contributed by atoms with Crippen LogP contribution in [0.1, 0.15) is 6.42 Å². The molecule has 0 spiro atoms. The molecule has 0 saturated carbocycles. The Hall–Kier alpha value is -0.700. The molecule has 0 aromatic heterocycles. The molecular weight excluding hydrogens is 235 g/mol. The second-order valence-corrected chi connectivity index (χ2v) is 3.91. The standard InChI is InChI=1S/C11H12Cl2O2/c1-2-3-9(14)7-15-11-5-4-8(12)6-10(11)13/h2,4-6,9,14H,1,3,7H2. The summed E-state index contributed by atoms with van der Waals surface area (Å²) in [6.45, 7) is 3.71. The van der Waals surface area contributed by atoms with Crippen LogP contribution in [0, 0.1) is 0 Å². The first-order valence-corrected chi connectivity index (χ1v) is 5.26. The molecule has 2 nitrogen and oxygen atoms in total. The van der Waals surface area contributed by atoms with Crippen molar-refractivity contribution in [3.05, 3.63) is 40.9 Å². The van der Waals surface area contributed by atoms with Gasteiger partial charge < -0.3 is 9.84 Å². The molecule has 0 heterocycles. The van der Waals surface area contributed by atoms with E-state index in [2.05, 4.69) is 6.58 Å². The van der Waals surface area contributed by atoms with Crippen LogP contribution in [0.4, 0.5) is 0 Å². The Labute approximate surface area is 99.1 Å². The lowest BCUT2D eigenvalue weighted by Gasteiger charge is -2.11. The molecule has 1 aromatic carbocycles. The fourth-order valence-electron chi connectivity index (χ4n) is 1.04. The highest BCUT2D eigenvalue weighted by Gasteiger charge is 2.06. The van der Waals surface area contributed by atoms with Crippen molar-refractivity contribution in [1.82, 2.24) is 0 Å². The first-order valence-electron chi connectivity index (χ1n) is 4.50. The highest BCUT2D eigenvalue weighted by molar-refractivity contribution is 6.35. The lowest BCUT2D eigenvalue weighted by atomic mass is 10.2. The van der Waals surface area contributed by atoms with Crippen LogP contribution in [0.2, 0.25) is 10.0 Å². The predicted octanol–water partition coefficient (Wildman–Crippen LogP) is 3.31. The maximum absolute atomic E-state index is 9.39. The molecule has 1 N–H and O–H groups in total. The minimum absolute atomic E-state index is 0.188. The Bertz CT molecular complexity index is 339. The third-order valence-corrected chi connectivity index (χ3v) is 2.29. The summed E-state index contributed by atoms with van der Waals surface area (Å²) in [6.07, 6.45) is 1.57. The average Bonchev–Trinajstić information content (AvgIpc) is 2.17. The average molecular weight is 247 g/mol. The first-order chi connectivity index (χ1) is 7.13. The number of ether oxygens (including phenoxy) is 1. The van der Waals surface area contributed by atoms with Crippen molar-refractivity contribution in [2.45, 2.75) is 12.5 Å². The van der Waals surface area contributed by atoms with E-state index in [1.165, 1.54) is 0 Å². The molecule has 0 bridgehead atoms. The monoisotopic (exact) mass is 246 g/mol. The Morgan fingerprint density at radius 1 is 1.47 bits per heavy atom. The zero-order chi connectivity index (χ0) is 11.3. The number of aliphatic hydroxyl groups excluding tert-OH is 1. The summed E-state index contributed by atoms with van der Waals surface area (Å²) in [4.78, 5) is 0. The molecule has 15 heavy (non-hydrogen) atoms. The summed E-state index contributed by atoms with van der Waals surface area (Å²) in [5, 5.41) is 10.4. The molecule has 4 heteroatoms. The Morgan fingerprint density at radius 3 is 2.80 bits per heavy atom. The van der Waals surface area contributed by atoms with Crippen molar-refractivity contribution in [2.24, 2.45) is 0 Å². The predicted molar refractivity (Wildman–Crippen MR) is 62.8 cm³/mol. The van der Waals surface area contributed by atoms with Crippen LogP contribution in [0.15, 0.2) is 30.9 Å². The maximum atomic E-state index is 9.39. The fourth-order valence-corrected chi connectivity index (χ4v) is 1.50. The van der Waals surface area contributed by atoms with E-state index in [1.807, 2.05) is 0 Å².